The van der Waals surface area contributed by atoms with Gasteiger partial charge in [0.1, 0.15) is 5.78 Å². The molecule has 1 aromatic rings. The number of carboxylic acid groups (broad SMARTS) is 2. The Morgan fingerprint density at radius 3 is 2.33 bits per heavy atom. The van der Waals surface area contributed by atoms with Gasteiger partial charge in [-0.3, -0.25) is 4.79 Å². The van der Waals surface area contributed by atoms with Crippen LogP contribution in [-0.4, -0.2) is 34.0 Å². The van der Waals surface area contributed by atoms with Crippen molar-refractivity contribution in [1.82, 2.24) is 5.32 Å². The average Bonchev–Trinajstić information content (AvgIpc) is 2.38. The largest absolute Gasteiger partial charge is 0.473 e. The van der Waals surface area contributed by atoms with Gasteiger partial charge in [0.2, 0.25) is 0 Å². The van der Waals surface area contributed by atoms with Crippen molar-refractivity contribution < 1.29 is 24.6 Å². The number of carboxylic acids is 2. The number of halogens is 1. The Kier molecular flexibility index (Phi) is 6.33. The lowest BCUT2D eigenvalue weighted by molar-refractivity contribution is -0.159. The fraction of sp³-hybridized carbons (Fsp3) is 0.357. The minimum absolute atomic E-state index is 0.125. The molecule has 3 N–H and O–H groups in total. The van der Waals surface area contributed by atoms with E-state index in [4.69, 9.17) is 31.4 Å². The number of rotatable bonds is 1. The van der Waals surface area contributed by atoms with Gasteiger partial charge in [0, 0.05) is 29.9 Å². The summed E-state index contributed by atoms with van der Waals surface area (Å²) in [4.78, 5) is 29.7. The molecule has 2 unspecified atom stereocenters. The zero-order valence-corrected chi connectivity index (χ0v) is 12.1. The number of piperidine rings is 1. The number of benzene rings is 1. The zero-order valence-electron chi connectivity index (χ0n) is 11.4. The van der Waals surface area contributed by atoms with Crippen LogP contribution < -0.4 is 5.32 Å². The molecule has 0 bridgehead atoms. The van der Waals surface area contributed by atoms with E-state index in [0.717, 1.165) is 10.6 Å². The highest BCUT2D eigenvalue weighted by Crippen LogP contribution is 2.25. The normalized spacial score (nSPS) is 21.1. The highest BCUT2D eigenvalue weighted by Gasteiger charge is 2.24. The summed E-state index contributed by atoms with van der Waals surface area (Å²) in [5, 5.41) is 18.9. The number of ketones is 1. The number of hydrogen-bond acceptors (Lipinski definition) is 4. The fourth-order valence-corrected chi connectivity index (χ4v) is 2.25. The highest BCUT2D eigenvalue weighted by atomic mass is 35.5. The molecule has 7 heteroatoms. The first-order chi connectivity index (χ1) is 9.79. The second-order valence-corrected chi connectivity index (χ2v) is 5.17. The Bertz CT molecular complexity index is 534. The smallest absolute Gasteiger partial charge is 0.414 e. The quantitative estimate of drug-likeness (QED) is 0.684. The monoisotopic (exact) mass is 313 g/mol. The number of Topliss-reactive ketones (excluding diaryl/α,β-unsaturated/α-hetero) is 1. The highest BCUT2D eigenvalue weighted by molar-refractivity contribution is 6.30. The van der Waals surface area contributed by atoms with E-state index in [9.17, 15) is 4.79 Å². The first-order valence-corrected chi connectivity index (χ1v) is 6.66. The summed E-state index contributed by atoms with van der Waals surface area (Å²) in [5.74, 6) is -3.32. The van der Waals surface area contributed by atoms with Gasteiger partial charge < -0.3 is 15.5 Å². The SMILES string of the molecule is CC1CC(=O)CC(c2cccc(Cl)c2)N1.O=C(O)C(=O)O. The second-order valence-electron chi connectivity index (χ2n) is 4.73. The average molecular weight is 314 g/mol. The predicted octanol–water partition coefficient (Wildman–Crippen LogP) is 1.88. The van der Waals surface area contributed by atoms with E-state index in [1.54, 1.807) is 0 Å². The van der Waals surface area contributed by atoms with E-state index < -0.39 is 11.9 Å². The first-order valence-electron chi connectivity index (χ1n) is 6.29. The van der Waals surface area contributed by atoms with E-state index in [1.165, 1.54) is 0 Å². The number of carbonyl (C=O) groups is 3. The van der Waals surface area contributed by atoms with Gasteiger partial charge in [0.15, 0.2) is 0 Å². The molecule has 2 rings (SSSR count). The Morgan fingerprint density at radius 1 is 1.24 bits per heavy atom. The summed E-state index contributed by atoms with van der Waals surface area (Å²) in [6.07, 6.45) is 1.21. The third kappa shape index (κ3) is 5.93. The van der Waals surface area contributed by atoms with Gasteiger partial charge in [-0.15, -0.1) is 0 Å². The van der Waals surface area contributed by atoms with Crippen LogP contribution in [-0.2, 0) is 14.4 Å². The lowest BCUT2D eigenvalue weighted by Gasteiger charge is -2.28. The van der Waals surface area contributed by atoms with Gasteiger partial charge >= 0.3 is 11.9 Å². The molecule has 0 spiro atoms. The van der Waals surface area contributed by atoms with Crippen molar-refractivity contribution in [2.45, 2.75) is 31.8 Å². The van der Waals surface area contributed by atoms with Gasteiger partial charge in [-0.25, -0.2) is 9.59 Å². The lowest BCUT2D eigenvalue weighted by atomic mass is 9.93. The summed E-state index contributed by atoms with van der Waals surface area (Å²) in [5.41, 5.74) is 1.10. The molecule has 0 aliphatic carbocycles. The van der Waals surface area contributed by atoms with E-state index in [1.807, 2.05) is 31.2 Å². The van der Waals surface area contributed by atoms with Crippen LogP contribution >= 0.6 is 11.6 Å². The Balaban J connectivity index is 0.000000315. The van der Waals surface area contributed by atoms with Crippen LogP contribution in [0.5, 0.6) is 0 Å². The van der Waals surface area contributed by atoms with E-state index in [2.05, 4.69) is 5.32 Å². The molecule has 1 aliphatic heterocycles. The van der Waals surface area contributed by atoms with E-state index in [0.29, 0.717) is 18.6 Å². The molecule has 1 aromatic carbocycles. The molecule has 2 atom stereocenters. The Labute approximate surface area is 126 Å². The van der Waals surface area contributed by atoms with Crippen molar-refractivity contribution in [3.05, 3.63) is 34.9 Å². The third-order valence-electron chi connectivity index (χ3n) is 2.89. The molecule has 1 fully saturated rings. The number of hydrogen-bond donors (Lipinski definition) is 3. The van der Waals surface area contributed by atoms with Crippen LogP contribution in [0.1, 0.15) is 31.4 Å². The molecule has 0 aromatic heterocycles. The van der Waals surface area contributed by atoms with Crippen molar-refractivity contribution in [3.8, 4) is 0 Å². The summed E-state index contributed by atoms with van der Waals surface area (Å²) >= 11 is 5.92. The molecule has 21 heavy (non-hydrogen) atoms. The van der Waals surface area contributed by atoms with Crippen molar-refractivity contribution in [1.29, 1.82) is 0 Å². The molecule has 0 amide bonds. The Hall–Kier alpha value is -1.92. The molecule has 1 heterocycles. The standard InChI is InChI=1S/C12H14ClNO.C2H2O4/c1-8-5-11(15)7-12(14-8)9-3-2-4-10(13)6-9;3-1(4)2(5)6/h2-4,6,8,12,14H,5,7H2,1H3;(H,3,4)(H,5,6). The molecule has 6 nitrogen and oxygen atoms in total. The van der Waals surface area contributed by atoms with Crippen molar-refractivity contribution in [3.63, 3.8) is 0 Å². The molecule has 0 radical (unpaired) electrons. The molecule has 114 valence electrons. The zero-order chi connectivity index (χ0) is 16.0. The van der Waals surface area contributed by atoms with Gasteiger partial charge in [0.05, 0.1) is 0 Å². The van der Waals surface area contributed by atoms with Crippen molar-refractivity contribution in [2.75, 3.05) is 0 Å². The summed E-state index contributed by atoms with van der Waals surface area (Å²) in [7, 11) is 0. The van der Waals surface area contributed by atoms with Crippen molar-refractivity contribution in [2.24, 2.45) is 0 Å². The Morgan fingerprint density at radius 2 is 1.86 bits per heavy atom. The van der Waals surface area contributed by atoms with E-state index in [-0.39, 0.29) is 12.1 Å². The first kappa shape index (κ1) is 17.1. The van der Waals surface area contributed by atoms with Crippen LogP contribution in [0.4, 0.5) is 0 Å². The van der Waals surface area contributed by atoms with Crippen LogP contribution in [0.3, 0.4) is 0 Å². The maximum atomic E-state index is 11.5. The number of carbonyl (C=O) groups excluding carboxylic acids is 1. The van der Waals surface area contributed by atoms with Crippen LogP contribution in [0.2, 0.25) is 5.02 Å². The van der Waals surface area contributed by atoms with Crippen LogP contribution in [0.25, 0.3) is 0 Å². The second kappa shape index (κ2) is 7.75. The number of aliphatic carboxylic acids is 2. The molecule has 0 saturated carbocycles. The maximum Gasteiger partial charge on any atom is 0.414 e. The third-order valence-corrected chi connectivity index (χ3v) is 3.12. The maximum absolute atomic E-state index is 11.5. The summed E-state index contributed by atoms with van der Waals surface area (Å²) in [6, 6.07) is 8.08. The lowest BCUT2D eigenvalue weighted by Crippen LogP contribution is -2.38. The van der Waals surface area contributed by atoms with Gasteiger partial charge in [0.25, 0.3) is 0 Å². The predicted molar refractivity (Wildman–Crippen MR) is 76.3 cm³/mol. The molecular formula is C14H16ClNO5. The van der Waals surface area contributed by atoms with Gasteiger partial charge in [-0.1, -0.05) is 23.7 Å². The molecular weight excluding hydrogens is 298 g/mol. The molecule has 1 saturated heterocycles. The summed E-state index contributed by atoms with van der Waals surface area (Å²) in [6.45, 7) is 2.04. The minimum Gasteiger partial charge on any atom is -0.473 e. The summed E-state index contributed by atoms with van der Waals surface area (Å²) < 4.78 is 0. The fourth-order valence-electron chi connectivity index (χ4n) is 2.05. The van der Waals surface area contributed by atoms with Gasteiger partial charge in [-0.2, -0.15) is 0 Å². The van der Waals surface area contributed by atoms with E-state index >= 15 is 0 Å². The topological polar surface area (TPSA) is 104 Å². The molecule has 1 aliphatic rings. The van der Waals surface area contributed by atoms with Crippen LogP contribution in [0.15, 0.2) is 24.3 Å². The van der Waals surface area contributed by atoms with Gasteiger partial charge in [-0.05, 0) is 24.6 Å². The minimum atomic E-state index is -1.82. The van der Waals surface area contributed by atoms with Crippen molar-refractivity contribution >= 4 is 29.3 Å². The number of nitrogens with one attached hydrogen (secondary N) is 1. The van der Waals surface area contributed by atoms with Crippen LogP contribution in [0, 0.1) is 0 Å².